The third kappa shape index (κ3) is 3.45. The topological polar surface area (TPSA) is 78.4 Å². The molecule has 1 rings (SSSR count). The number of carbonyl (C=O) groups is 2. The van der Waals surface area contributed by atoms with Crippen molar-refractivity contribution in [3.05, 3.63) is 0 Å². The first-order chi connectivity index (χ1) is 8.55. The molecule has 1 aliphatic rings. The van der Waals surface area contributed by atoms with Crippen molar-refractivity contribution < 1.29 is 14.7 Å². The molecule has 0 bridgehead atoms. The Morgan fingerprint density at radius 3 is 2.44 bits per heavy atom. The van der Waals surface area contributed by atoms with Gasteiger partial charge < -0.3 is 15.7 Å². The number of carboxylic acid groups (broad SMARTS) is 1. The minimum atomic E-state index is -0.829. The second kappa shape index (κ2) is 6.73. The van der Waals surface area contributed by atoms with Gasteiger partial charge in [0.1, 0.15) is 0 Å². The predicted octanol–water partition coefficient (Wildman–Crippen LogP) is 1.14. The molecule has 1 aliphatic heterocycles. The molecule has 0 saturated carbocycles. The molecular weight excluding hydrogens is 232 g/mol. The van der Waals surface area contributed by atoms with Gasteiger partial charge in [0.2, 0.25) is 5.91 Å². The number of rotatable bonds is 6. The van der Waals surface area contributed by atoms with Gasteiger partial charge in [-0.3, -0.25) is 9.59 Å². The Morgan fingerprint density at radius 2 is 2.00 bits per heavy atom. The fourth-order valence-corrected chi connectivity index (χ4v) is 2.33. The van der Waals surface area contributed by atoms with Crippen LogP contribution in [0, 0.1) is 5.41 Å². The third-order valence-corrected chi connectivity index (χ3v) is 4.04. The molecule has 0 aromatic heterocycles. The summed E-state index contributed by atoms with van der Waals surface area (Å²) in [6, 6.07) is -0.154. The van der Waals surface area contributed by atoms with Crippen LogP contribution in [0.3, 0.4) is 0 Å². The highest BCUT2D eigenvalue weighted by atomic mass is 16.4. The summed E-state index contributed by atoms with van der Waals surface area (Å²) in [6.45, 7) is 4.78. The first kappa shape index (κ1) is 15.0. The highest BCUT2D eigenvalue weighted by Gasteiger charge is 2.35. The van der Waals surface area contributed by atoms with Crippen LogP contribution in [-0.2, 0) is 9.59 Å². The Hall–Kier alpha value is -1.10. The SMILES string of the molecule is CCC(CC)(CNC(=O)[C@@H]1CCCCN1)C(=O)O. The maximum atomic E-state index is 11.9. The van der Waals surface area contributed by atoms with E-state index in [1.54, 1.807) is 0 Å². The molecule has 0 unspecified atom stereocenters. The van der Waals surface area contributed by atoms with Crippen molar-refractivity contribution in [2.45, 2.75) is 52.0 Å². The van der Waals surface area contributed by atoms with E-state index in [4.69, 9.17) is 0 Å². The van der Waals surface area contributed by atoms with E-state index in [1.165, 1.54) is 0 Å². The average Bonchev–Trinajstić information content (AvgIpc) is 2.41. The number of hydrogen-bond donors (Lipinski definition) is 3. The van der Waals surface area contributed by atoms with Gasteiger partial charge in [0.05, 0.1) is 11.5 Å². The Morgan fingerprint density at radius 1 is 1.33 bits per heavy atom. The minimum absolute atomic E-state index is 0.0674. The molecule has 1 amide bonds. The smallest absolute Gasteiger partial charge is 0.311 e. The number of nitrogens with one attached hydrogen (secondary N) is 2. The Labute approximate surface area is 108 Å². The van der Waals surface area contributed by atoms with E-state index in [-0.39, 0.29) is 18.5 Å². The number of carboxylic acids is 1. The summed E-state index contributed by atoms with van der Waals surface area (Å²) in [5.41, 5.74) is -0.829. The highest BCUT2D eigenvalue weighted by Crippen LogP contribution is 2.25. The molecule has 0 radical (unpaired) electrons. The lowest BCUT2D eigenvalue weighted by Gasteiger charge is -2.29. The zero-order valence-corrected chi connectivity index (χ0v) is 11.3. The van der Waals surface area contributed by atoms with E-state index >= 15 is 0 Å². The van der Waals surface area contributed by atoms with Gasteiger partial charge in [-0.2, -0.15) is 0 Å². The van der Waals surface area contributed by atoms with Crippen LogP contribution in [0.25, 0.3) is 0 Å². The molecule has 3 N–H and O–H groups in total. The van der Waals surface area contributed by atoms with Crippen LogP contribution >= 0.6 is 0 Å². The summed E-state index contributed by atoms with van der Waals surface area (Å²) in [7, 11) is 0. The molecule has 0 aromatic carbocycles. The molecule has 0 aliphatic carbocycles. The van der Waals surface area contributed by atoms with Gasteiger partial charge in [0.25, 0.3) is 0 Å². The second-order valence-corrected chi connectivity index (χ2v) is 5.01. The standard InChI is InChI=1S/C13H24N2O3/c1-3-13(4-2,12(17)18)9-15-11(16)10-7-5-6-8-14-10/h10,14H,3-9H2,1-2H3,(H,15,16)(H,17,18)/t10-/m0/s1. The summed E-state index contributed by atoms with van der Waals surface area (Å²) >= 11 is 0. The van der Waals surface area contributed by atoms with E-state index in [0.717, 1.165) is 25.8 Å². The highest BCUT2D eigenvalue weighted by molar-refractivity contribution is 5.83. The summed E-state index contributed by atoms with van der Waals surface area (Å²) < 4.78 is 0. The van der Waals surface area contributed by atoms with Crippen LogP contribution < -0.4 is 10.6 Å². The van der Waals surface area contributed by atoms with E-state index in [9.17, 15) is 14.7 Å². The summed E-state index contributed by atoms with van der Waals surface area (Å²) in [5.74, 6) is -0.897. The molecule has 18 heavy (non-hydrogen) atoms. The second-order valence-electron chi connectivity index (χ2n) is 5.01. The quantitative estimate of drug-likeness (QED) is 0.666. The van der Waals surface area contributed by atoms with Crippen LogP contribution in [0.4, 0.5) is 0 Å². The van der Waals surface area contributed by atoms with E-state index in [1.807, 2.05) is 13.8 Å². The van der Waals surface area contributed by atoms with Crippen LogP contribution in [0.5, 0.6) is 0 Å². The normalized spacial score (nSPS) is 20.4. The van der Waals surface area contributed by atoms with Crippen molar-refractivity contribution in [2.75, 3.05) is 13.1 Å². The van der Waals surface area contributed by atoms with Crippen LogP contribution in [0.2, 0.25) is 0 Å². The first-order valence-corrected chi connectivity index (χ1v) is 6.80. The van der Waals surface area contributed by atoms with Crippen molar-refractivity contribution in [3.63, 3.8) is 0 Å². The molecule has 0 spiro atoms. The molecule has 1 atom stereocenters. The molecule has 1 fully saturated rings. The predicted molar refractivity (Wildman–Crippen MR) is 69.3 cm³/mol. The average molecular weight is 256 g/mol. The van der Waals surface area contributed by atoms with E-state index in [2.05, 4.69) is 10.6 Å². The van der Waals surface area contributed by atoms with Crippen LogP contribution in [0.1, 0.15) is 46.0 Å². The lowest BCUT2D eigenvalue weighted by molar-refractivity contribution is -0.149. The van der Waals surface area contributed by atoms with Crippen LogP contribution in [-0.4, -0.2) is 36.1 Å². The Balaban J connectivity index is 2.51. The van der Waals surface area contributed by atoms with Gasteiger partial charge >= 0.3 is 5.97 Å². The fourth-order valence-electron chi connectivity index (χ4n) is 2.33. The van der Waals surface area contributed by atoms with Gasteiger partial charge in [-0.1, -0.05) is 20.3 Å². The zero-order valence-electron chi connectivity index (χ0n) is 11.3. The zero-order chi connectivity index (χ0) is 13.6. The fraction of sp³-hybridized carbons (Fsp3) is 0.846. The van der Waals surface area contributed by atoms with Gasteiger partial charge in [-0.15, -0.1) is 0 Å². The molecule has 1 heterocycles. The molecule has 104 valence electrons. The molecule has 5 heteroatoms. The summed E-state index contributed by atoms with van der Waals surface area (Å²) in [5, 5.41) is 15.2. The summed E-state index contributed by atoms with van der Waals surface area (Å²) in [6.07, 6.45) is 4.04. The van der Waals surface area contributed by atoms with Crippen LogP contribution in [0.15, 0.2) is 0 Å². The maximum absolute atomic E-state index is 11.9. The Bertz CT molecular complexity index is 295. The number of piperidine rings is 1. The largest absolute Gasteiger partial charge is 0.481 e. The number of aliphatic carboxylic acids is 1. The summed E-state index contributed by atoms with van der Waals surface area (Å²) in [4.78, 5) is 23.2. The van der Waals surface area contributed by atoms with E-state index in [0.29, 0.717) is 12.8 Å². The van der Waals surface area contributed by atoms with Crippen molar-refractivity contribution >= 4 is 11.9 Å². The van der Waals surface area contributed by atoms with Gasteiger partial charge in [-0.05, 0) is 32.2 Å². The molecule has 5 nitrogen and oxygen atoms in total. The monoisotopic (exact) mass is 256 g/mol. The third-order valence-electron chi connectivity index (χ3n) is 4.04. The number of carbonyl (C=O) groups excluding carboxylic acids is 1. The number of hydrogen-bond acceptors (Lipinski definition) is 3. The first-order valence-electron chi connectivity index (χ1n) is 6.80. The van der Waals surface area contributed by atoms with Crippen molar-refractivity contribution in [1.29, 1.82) is 0 Å². The van der Waals surface area contributed by atoms with E-state index < -0.39 is 11.4 Å². The lowest BCUT2D eigenvalue weighted by Crippen LogP contribution is -2.50. The minimum Gasteiger partial charge on any atom is -0.481 e. The van der Waals surface area contributed by atoms with Gasteiger partial charge in [0.15, 0.2) is 0 Å². The molecule has 0 aromatic rings. The van der Waals surface area contributed by atoms with Crippen molar-refractivity contribution in [1.82, 2.24) is 10.6 Å². The molecular formula is C13H24N2O3. The molecule has 1 saturated heterocycles. The number of amides is 1. The van der Waals surface area contributed by atoms with Crippen molar-refractivity contribution in [3.8, 4) is 0 Å². The van der Waals surface area contributed by atoms with Crippen molar-refractivity contribution in [2.24, 2.45) is 5.41 Å². The van der Waals surface area contributed by atoms with Gasteiger partial charge in [-0.25, -0.2) is 0 Å². The van der Waals surface area contributed by atoms with Gasteiger partial charge in [0, 0.05) is 6.54 Å². The maximum Gasteiger partial charge on any atom is 0.311 e. The Kier molecular flexibility index (Phi) is 5.59. The lowest BCUT2D eigenvalue weighted by atomic mass is 9.82.